The van der Waals surface area contributed by atoms with E-state index in [4.69, 9.17) is 0 Å². The van der Waals surface area contributed by atoms with Crippen molar-refractivity contribution in [1.29, 1.82) is 0 Å². The van der Waals surface area contributed by atoms with Gasteiger partial charge in [0, 0.05) is 37.5 Å². The molecule has 2 aliphatic rings. The summed E-state index contributed by atoms with van der Waals surface area (Å²) in [4.78, 5) is 24.8. The first-order chi connectivity index (χ1) is 7.51. The van der Waals surface area contributed by atoms with Crippen molar-refractivity contribution < 1.29 is 9.59 Å². The van der Waals surface area contributed by atoms with Crippen LogP contribution in [0.2, 0.25) is 0 Å². The minimum absolute atomic E-state index is 0.00536. The van der Waals surface area contributed by atoms with Gasteiger partial charge in [-0.05, 0) is 20.3 Å². The molecule has 0 aromatic carbocycles. The van der Waals surface area contributed by atoms with Crippen LogP contribution in [-0.2, 0) is 4.79 Å². The Morgan fingerprint density at radius 2 is 2.31 bits per heavy atom. The maximum Gasteiger partial charge on any atom is 0.317 e. The summed E-state index contributed by atoms with van der Waals surface area (Å²) in [6.45, 7) is 6.07. The second kappa shape index (κ2) is 3.96. The molecule has 2 saturated heterocycles. The monoisotopic (exact) mass is 225 g/mol. The van der Waals surface area contributed by atoms with E-state index in [2.05, 4.69) is 10.6 Å². The highest BCUT2D eigenvalue weighted by Gasteiger charge is 2.45. The molecule has 0 radical (unpaired) electrons. The number of nitrogens with one attached hydrogen (secondary N) is 2. The van der Waals surface area contributed by atoms with Gasteiger partial charge in [-0.3, -0.25) is 4.79 Å². The number of carbonyl (C=O) groups excluding carboxylic acids is 2. The SMILES string of the molecule is CC(C)NC(=O)N1CCC2(CNC(=O)C2)C1. The molecule has 2 rings (SSSR count). The fourth-order valence-electron chi connectivity index (χ4n) is 2.49. The number of hydrogen-bond acceptors (Lipinski definition) is 2. The molecule has 90 valence electrons. The van der Waals surface area contributed by atoms with Crippen molar-refractivity contribution in [1.82, 2.24) is 15.5 Å². The number of urea groups is 1. The van der Waals surface area contributed by atoms with Crippen molar-refractivity contribution in [2.24, 2.45) is 5.41 Å². The molecule has 2 aliphatic heterocycles. The third kappa shape index (κ3) is 2.13. The quantitative estimate of drug-likeness (QED) is 0.675. The molecule has 0 aromatic heterocycles. The molecular weight excluding hydrogens is 206 g/mol. The van der Waals surface area contributed by atoms with Gasteiger partial charge >= 0.3 is 6.03 Å². The van der Waals surface area contributed by atoms with E-state index in [0.29, 0.717) is 13.0 Å². The molecule has 1 atom stereocenters. The van der Waals surface area contributed by atoms with Crippen molar-refractivity contribution in [2.45, 2.75) is 32.7 Å². The number of amides is 3. The highest BCUT2D eigenvalue weighted by atomic mass is 16.2. The van der Waals surface area contributed by atoms with Crippen molar-refractivity contribution in [3.63, 3.8) is 0 Å². The Hall–Kier alpha value is -1.26. The van der Waals surface area contributed by atoms with E-state index in [1.54, 1.807) is 0 Å². The minimum atomic E-state index is -0.00813. The standard InChI is InChI=1S/C11H19N3O2/c1-8(2)13-10(16)14-4-3-11(7-14)5-9(15)12-6-11/h8H,3-7H2,1-2H3,(H,12,15)(H,13,16). The van der Waals surface area contributed by atoms with Gasteiger partial charge < -0.3 is 15.5 Å². The Balaban J connectivity index is 1.93. The summed E-state index contributed by atoms with van der Waals surface area (Å²) in [5.74, 6) is 0.117. The predicted molar refractivity (Wildman–Crippen MR) is 59.9 cm³/mol. The van der Waals surface area contributed by atoms with E-state index in [1.165, 1.54) is 0 Å². The van der Waals surface area contributed by atoms with Crippen LogP contribution in [-0.4, -0.2) is 42.5 Å². The lowest BCUT2D eigenvalue weighted by Crippen LogP contribution is -2.43. The lowest BCUT2D eigenvalue weighted by molar-refractivity contribution is -0.119. The number of nitrogens with zero attached hydrogens (tertiary/aromatic N) is 1. The predicted octanol–water partition coefficient (Wildman–Crippen LogP) is 0.316. The third-order valence-corrected chi connectivity index (χ3v) is 3.33. The molecule has 2 heterocycles. The molecule has 0 saturated carbocycles. The lowest BCUT2D eigenvalue weighted by atomic mass is 9.86. The van der Waals surface area contributed by atoms with Gasteiger partial charge in [0.15, 0.2) is 0 Å². The van der Waals surface area contributed by atoms with Crippen LogP contribution in [0.25, 0.3) is 0 Å². The van der Waals surface area contributed by atoms with Crippen molar-refractivity contribution in [3.8, 4) is 0 Å². The zero-order chi connectivity index (χ0) is 11.8. The van der Waals surface area contributed by atoms with Gasteiger partial charge in [0.05, 0.1) is 0 Å². The smallest absolute Gasteiger partial charge is 0.317 e. The van der Waals surface area contributed by atoms with Gasteiger partial charge in [0.25, 0.3) is 0 Å². The molecule has 5 heteroatoms. The Morgan fingerprint density at radius 1 is 1.56 bits per heavy atom. The number of rotatable bonds is 1. The fourth-order valence-corrected chi connectivity index (χ4v) is 2.49. The number of carbonyl (C=O) groups is 2. The first-order valence-electron chi connectivity index (χ1n) is 5.83. The molecular formula is C11H19N3O2. The molecule has 3 amide bonds. The highest BCUT2D eigenvalue weighted by Crippen LogP contribution is 2.36. The highest BCUT2D eigenvalue weighted by molar-refractivity contribution is 5.80. The van der Waals surface area contributed by atoms with Gasteiger partial charge in [0.1, 0.15) is 0 Å². The van der Waals surface area contributed by atoms with Crippen LogP contribution in [0.4, 0.5) is 4.79 Å². The van der Waals surface area contributed by atoms with E-state index in [-0.39, 0.29) is 23.4 Å². The Kier molecular flexibility index (Phi) is 2.78. The van der Waals surface area contributed by atoms with E-state index in [9.17, 15) is 9.59 Å². The molecule has 0 aliphatic carbocycles. The Bertz CT molecular complexity index is 316. The van der Waals surface area contributed by atoms with Crippen molar-refractivity contribution in [2.75, 3.05) is 19.6 Å². The Labute approximate surface area is 95.6 Å². The van der Waals surface area contributed by atoms with Crippen LogP contribution in [0.15, 0.2) is 0 Å². The Morgan fingerprint density at radius 3 is 2.88 bits per heavy atom. The molecule has 5 nitrogen and oxygen atoms in total. The van der Waals surface area contributed by atoms with Crippen LogP contribution in [0, 0.1) is 5.41 Å². The van der Waals surface area contributed by atoms with Crippen LogP contribution in [0.3, 0.4) is 0 Å². The zero-order valence-electron chi connectivity index (χ0n) is 9.88. The number of likely N-dealkylation sites (tertiary alicyclic amines) is 1. The maximum absolute atomic E-state index is 11.8. The van der Waals surface area contributed by atoms with Gasteiger partial charge in [0.2, 0.25) is 5.91 Å². The summed E-state index contributed by atoms with van der Waals surface area (Å²) in [6, 6.07) is 0.151. The van der Waals surface area contributed by atoms with Crippen molar-refractivity contribution >= 4 is 11.9 Å². The number of hydrogen-bond donors (Lipinski definition) is 2. The molecule has 2 fully saturated rings. The average molecular weight is 225 g/mol. The minimum Gasteiger partial charge on any atom is -0.355 e. The normalized spacial score (nSPS) is 28.9. The van der Waals surface area contributed by atoms with E-state index >= 15 is 0 Å². The summed E-state index contributed by atoms with van der Waals surface area (Å²) >= 11 is 0. The molecule has 1 unspecified atom stereocenters. The topological polar surface area (TPSA) is 61.4 Å². The second-order valence-electron chi connectivity index (χ2n) is 5.23. The van der Waals surface area contributed by atoms with Crippen LogP contribution < -0.4 is 10.6 Å². The fraction of sp³-hybridized carbons (Fsp3) is 0.818. The summed E-state index contributed by atoms with van der Waals surface area (Å²) in [5.41, 5.74) is 0.00536. The van der Waals surface area contributed by atoms with E-state index in [1.807, 2.05) is 18.7 Å². The largest absolute Gasteiger partial charge is 0.355 e. The molecule has 2 N–H and O–H groups in total. The molecule has 0 bridgehead atoms. The van der Waals surface area contributed by atoms with E-state index < -0.39 is 0 Å². The maximum atomic E-state index is 11.8. The summed E-state index contributed by atoms with van der Waals surface area (Å²) < 4.78 is 0. The van der Waals surface area contributed by atoms with Gasteiger partial charge in [-0.1, -0.05) is 0 Å². The first kappa shape index (κ1) is 11.2. The first-order valence-corrected chi connectivity index (χ1v) is 5.83. The summed E-state index contributed by atoms with van der Waals surface area (Å²) in [6.07, 6.45) is 1.50. The van der Waals surface area contributed by atoms with E-state index in [0.717, 1.165) is 19.5 Å². The summed E-state index contributed by atoms with van der Waals surface area (Å²) in [7, 11) is 0. The summed E-state index contributed by atoms with van der Waals surface area (Å²) in [5, 5.41) is 5.74. The second-order valence-corrected chi connectivity index (χ2v) is 5.23. The van der Waals surface area contributed by atoms with Gasteiger partial charge in [-0.15, -0.1) is 0 Å². The third-order valence-electron chi connectivity index (χ3n) is 3.33. The van der Waals surface area contributed by atoms with Crippen molar-refractivity contribution in [3.05, 3.63) is 0 Å². The van der Waals surface area contributed by atoms with Gasteiger partial charge in [-0.25, -0.2) is 4.79 Å². The van der Waals surface area contributed by atoms with Crippen LogP contribution in [0.1, 0.15) is 26.7 Å². The van der Waals surface area contributed by atoms with Gasteiger partial charge in [-0.2, -0.15) is 0 Å². The molecule has 0 aromatic rings. The molecule has 1 spiro atoms. The zero-order valence-corrected chi connectivity index (χ0v) is 9.88. The van der Waals surface area contributed by atoms with Crippen LogP contribution in [0.5, 0.6) is 0 Å². The average Bonchev–Trinajstić information content (AvgIpc) is 2.74. The van der Waals surface area contributed by atoms with Crippen LogP contribution >= 0.6 is 0 Å². The lowest BCUT2D eigenvalue weighted by Gasteiger charge is -2.22. The molecule has 16 heavy (non-hydrogen) atoms.